The van der Waals surface area contributed by atoms with E-state index in [2.05, 4.69) is 69.2 Å². The molecule has 2 rings (SSSR count). The van der Waals surface area contributed by atoms with Crippen molar-refractivity contribution < 1.29 is 0 Å². The van der Waals surface area contributed by atoms with Crippen molar-refractivity contribution >= 4 is 11.8 Å². The summed E-state index contributed by atoms with van der Waals surface area (Å²) in [5.41, 5.74) is 1.53. The third kappa shape index (κ3) is 3.10. The number of hydrogen-bond donors (Lipinski definition) is 1. The van der Waals surface area contributed by atoms with Crippen LogP contribution in [0.15, 0.2) is 29.2 Å². The molecule has 1 nitrogen and oxygen atoms in total. The largest absolute Gasteiger partial charge is 0.316 e. The van der Waals surface area contributed by atoms with E-state index in [9.17, 15) is 0 Å². The molecule has 0 fully saturated rings. The molecule has 1 heterocycles. The molecule has 100 valence electrons. The molecule has 1 aliphatic heterocycles. The quantitative estimate of drug-likeness (QED) is 0.862. The van der Waals surface area contributed by atoms with Gasteiger partial charge in [-0.2, -0.15) is 0 Å². The first-order valence-corrected chi connectivity index (χ1v) is 7.91. The summed E-state index contributed by atoms with van der Waals surface area (Å²) in [5, 5.41) is 4.26. The van der Waals surface area contributed by atoms with E-state index in [4.69, 9.17) is 0 Å². The van der Waals surface area contributed by atoms with Crippen LogP contribution in [0.25, 0.3) is 0 Å². The van der Waals surface area contributed by atoms with Gasteiger partial charge in [0.05, 0.1) is 0 Å². The van der Waals surface area contributed by atoms with Gasteiger partial charge < -0.3 is 5.32 Å². The zero-order valence-corrected chi connectivity index (χ0v) is 12.8. The van der Waals surface area contributed by atoms with E-state index in [0.29, 0.717) is 11.3 Å². The molecule has 0 aliphatic carbocycles. The Morgan fingerprint density at radius 3 is 2.61 bits per heavy atom. The highest BCUT2D eigenvalue weighted by Gasteiger charge is 2.31. The number of nitrogens with one attached hydrogen (secondary N) is 1. The molecule has 1 aromatic carbocycles. The maximum Gasteiger partial charge on any atom is 0.0291 e. The Morgan fingerprint density at radius 2 is 2.00 bits per heavy atom. The van der Waals surface area contributed by atoms with Gasteiger partial charge in [-0.25, -0.2) is 0 Å². The van der Waals surface area contributed by atoms with Gasteiger partial charge in [0, 0.05) is 16.2 Å². The second-order valence-electron chi connectivity index (χ2n) is 5.89. The van der Waals surface area contributed by atoms with Gasteiger partial charge in [-0.1, -0.05) is 39.0 Å². The average Bonchev–Trinajstić information content (AvgIpc) is 2.71. The molecule has 1 aromatic rings. The van der Waals surface area contributed by atoms with Crippen LogP contribution in [0.2, 0.25) is 0 Å². The third-order valence-electron chi connectivity index (χ3n) is 3.86. The molecular formula is C16H25NS. The Balaban J connectivity index is 2.03. The minimum Gasteiger partial charge on any atom is -0.316 e. The molecule has 18 heavy (non-hydrogen) atoms. The van der Waals surface area contributed by atoms with Crippen molar-refractivity contribution in [3.8, 4) is 0 Å². The fourth-order valence-electron chi connectivity index (χ4n) is 3.14. The number of hydrogen-bond acceptors (Lipinski definition) is 2. The van der Waals surface area contributed by atoms with E-state index in [1.165, 1.54) is 23.3 Å². The third-order valence-corrected chi connectivity index (χ3v) is 5.28. The zero-order valence-electron chi connectivity index (χ0n) is 11.9. The molecule has 2 heteroatoms. The van der Waals surface area contributed by atoms with E-state index in [1.807, 2.05) is 0 Å². The van der Waals surface area contributed by atoms with Crippen LogP contribution in [-0.4, -0.2) is 18.3 Å². The second kappa shape index (κ2) is 6.12. The first-order chi connectivity index (χ1) is 8.61. The fourth-order valence-corrected chi connectivity index (χ4v) is 4.74. The Bertz CT molecular complexity index is 363. The molecule has 0 spiro atoms. The Labute approximate surface area is 116 Å². The molecule has 0 radical (unpaired) electrons. The van der Waals surface area contributed by atoms with Crippen LogP contribution in [0.3, 0.4) is 0 Å². The van der Waals surface area contributed by atoms with E-state index in [0.717, 1.165) is 11.8 Å². The van der Waals surface area contributed by atoms with E-state index < -0.39 is 0 Å². The minimum absolute atomic E-state index is 0.616. The molecule has 0 aromatic heterocycles. The maximum atomic E-state index is 3.56. The summed E-state index contributed by atoms with van der Waals surface area (Å²) in [5.74, 6) is 1.52. The van der Waals surface area contributed by atoms with Gasteiger partial charge in [0.1, 0.15) is 0 Å². The van der Waals surface area contributed by atoms with Gasteiger partial charge in [-0.15, -0.1) is 11.8 Å². The van der Waals surface area contributed by atoms with Crippen molar-refractivity contribution in [2.24, 2.45) is 11.8 Å². The van der Waals surface area contributed by atoms with E-state index in [1.54, 1.807) is 0 Å². The predicted octanol–water partition coefficient (Wildman–Crippen LogP) is 3.97. The number of fused-ring (bicyclic) bond motifs is 1. The second-order valence-corrected chi connectivity index (χ2v) is 7.17. The lowest BCUT2D eigenvalue weighted by Gasteiger charge is -2.29. The Hall–Kier alpha value is -0.470. The number of thioether (sulfide) groups is 1. The van der Waals surface area contributed by atoms with Crippen molar-refractivity contribution in [3.05, 3.63) is 29.8 Å². The van der Waals surface area contributed by atoms with E-state index >= 15 is 0 Å². The van der Waals surface area contributed by atoms with Gasteiger partial charge >= 0.3 is 0 Å². The topological polar surface area (TPSA) is 12.0 Å². The molecule has 0 bridgehead atoms. The van der Waals surface area contributed by atoms with Crippen LogP contribution < -0.4 is 5.32 Å². The molecule has 3 atom stereocenters. The molecule has 3 unspecified atom stereocenters. The first-order valence-electron chi connectivity index (χ1n) is 7.03. The smallest absolute Gasteiger partial charge is 0.0291 e. The van der Waals surface area contributed by atoms with Crippen molar-refractivity contribution in [1.29, 1.82) is 0 Å². The summed E-state index contributed by atoms with van der Waals surface area (Å²) in [4.78, 5) is 1.49. The highest BCUT2D eigenvalue weighted by molar-refractivity contribution is 8.00. The molecule has 0 saturated carbocycles. The SMILES string of the molecule is CNC(C(C)CC(C)C)C1Cc2ccccc2S1. The summed E-state index contributed by atoms with van der Waals surface area (Å²) in [6, 6.07) is 9.47. The summed E-state index contributed by atoms with van der Waals surface area (Å²) in [6.45, 7) is 7.03. The first kappa shape index (κ1) is 14.0. The highest BCUT2D eigenvalue weighted by Crippen LogP contribution is 2.40. The summed E-state index contributed by atoms with van der Waals surface area (Å²) < 4.78 is 0. The standard InChI is InChI=1S/C16H25NS/c1-11(2)9-12(3)16(17-4)15-10-13-7-5-6-8-14(13)18-15/h5-8,11-12,15-17H,9-10H2,1-4H3. The summed E-state index contributed by atoms with van der Waals surface area (Å²) in [7, 11) is 2.12. The monoisotopic (exact) mass is 263 g/mol. The lowest BCUT2D eigenvalue weighted by atomic mass is 9.88. The average molecular weight is 263 g/mol. The fraction of sp³-hybridized carbons (Fsp3) is 0.625. The van der Waals surface area contributed by atoms with Gasteiger partial charge in [-0.3, -0.25) is 0 Å². The van der Waals surface area contributed by atoms with Crippen LogP contribution in [0.1, 0.15) is 32.8 Å². The van der Waals surface area contributed by atoms with Crippen molar-refractivity contribution in [3.63, 3.8) is 0 Å². The van der Waals surface area contributed by atoms with Crippen LogP contribution in [0, 0.1) is 11.8 Å². The summed E-state index contributed by atoms with van der Waals surface area (Å²) >= 11 is 2.06. The Kier molecular flexibility index (Phi) is 4.74. The van der Waals surface area contributed by atoms with Crippen molar-refractivity contribution in [2.45, 2.75) is 49.8 Å². The van der Waals surface area contributed by atoms with E-state index in [-0.39, 0.29) is 0 Å². The molecule has 0 saturated heterocycles. The van der Waals surface area contributed by atoms with Crippen molar-refractivity contribution in [2.75, 3.05) is 7.05 Å². The number of rotatable bonds is 5. The molecule has 1 aliphatic rings. The molecule has 0 amide bonds. The van der Waals surface area contributed by atoms with Crippen LogP contribution in [0.5, 0.6) is 0 Å². The van der Waals surface area contributed by atoms with Crippen molar-refractivity contribution in [1.82, 2.24) is 5.32 Å². The molecule has 1 N–H and O–H groups in total. The maximum absolute atomic E-state index is 3.56. The lowest BCUT2D eigenvalue weighted by molar-refractivity contribution is 0.330. The lowest BCUT2D eigenvalue weighted by Crippen LogP contribution is -2.41. The van der Waals surface area contributed by atoms with Crippen LogP contribution in [0.4, 0.5) is 0 Å². The number of benzene rings is 1. The van der Waals surface area contributed by atoms with Crippen LogP contribution in [-0.2, 0) is 6.42 Å². The summed E-state index contributed by atoms with van der Waals surface area (Å²) in [6.07, 6.45) is 2.52. The van der Waals surface area contributed by atoms with Gasteiger partial charge in [0.25, 0.3) is 0 Å². The van der Waals surface area contributed by atoms with Gasteiger partial charge in [0.2, 0.25) is 0 Å². The van der Waals surface area contributed by atoms with Gasteiger partial charge in [0.15, 0.2) is 0 Å². The Morgan fingerprint density at radius 1 is 1.28 bits per heavy atom. The zero-order chi connectivity index (χ0) is 13.1. The molecular weight excluding hydrogens is 238 g/mol. The minimum atomic E-state index is 0.616. The predicted molar refractivity (Wildman–Crippen MR) is 81.3 cm³/mol. The highest BCUT2D eigenvalue weighted by atomic mass is 32.2. The van der Waals surface area contributed by atoms with Crippen LogP contribution >= 0.6 is 11.8 Å². The normalized spacial score (nSPS) is 21.9. The van der Waals surface area contributed by atoms with Gasteiger partial charge in [-0.05, 0) is 43.4 Å².